The van der Waals surface area contributed by atoms with Crippen molar-refractivity contribution in [3.63, 3.8) is 0 Å². The number of ether oxygens (including phenoxy) is 2. The van der Waals surface area contributed by atoms with Gasteiger partial charge < -0.3 is 9.47 Å². The Morgan fingerprint density at radius 1 is 0.741 bits per heavy atom. The van der Waals surface area contributed by atoms with E-state index in [1.807, 2.05) is 42.5 Å². The van der Waals surface area contributed by atoms with Gasteiger partial charge in [-0.1, -0.05) is 62.2 Å². The van der Waals surface area contributed by atoms with Crippen LogP contribution in [0, 0.1) is 0 Å². The summed E-state index contributed by atoms with van der Waals surface area (Å²) in [5.74, 6) is 0.0739. The van der Waals surface area contributed by atoms with Gasteiger partial charge in [0.05, 0.1) is 6.61 Å². The van der Waals surface area contributed by atoms with Gasteiger partial charge in [-0.25, -0.2) is 0 Å². The molecule has 0 fully saturated rings. The maximum atomic E-state index is 11.9. The number of esters is 2. The first-order valence-electron chi connectivity index (χ1n) is 9.71. The highest BCUT2D eigenvalue weighted by Gasteiger charge is 2.07. The van der Waals surface area contributed by atoms with Crippen LogP contribution in [0.3, 0.4) is 0 Å². The second-order valence-electron chi connectivity index (χ2n) is 6.50. The summed E-state index contributed by atoms with van der Waals surface area (Å²) in [6.45, 7) is 2.60. The summed E-state index contributed by atoms with van der Waals surface area (Å²) in [6.07, 6.45) is 4.99. The predicted octanol–water partition coefficient (Wildman–Crippen LogP) is 5.55. The Kier molecular flexibility index (Phi) is 9.11. The summed E-state index contributed by atoms with van der Waals surface area (Å²) >= 11 is 0. The lowest BCUT2D eigenvalue weighted by Crippen LogP contribution is -2.09. The van der Waals surface area contributed by atoms with E-state index in [0.29, 0.717) is 38.0 Å². The molecule has 4 heteroatoms. The molecule has 0 saturated carbocycles. The van der Waals surface area contributed by atoms with Crippen molar-refractivity contribution in [3.05, 3.63) is 54.6 Å². The van der Waals surface area contributed by atoms with E-state index in [2.05, 4.69) is 6.92 Å². The van der Waals surface area contributed by atoms with Crippen LogP contribution in [-0.4, -0.2) is 18.5 Å². The molecule has 0 amide bonds. The van der Waals surface area contributed by atoms with E-state index in [0.717, 1.165) is 30.4 Å². The molecule has 0 aromatic heterocycles. The zero-order valence-corrected chi connectivity index (χ0v) is 16.0. The molecule has 0 aliphatic rings. The van der Waals surface area contributed by atoms with Gasteiger partial charge >= 0.3 is 11.9 Å². The van der Waals surface area contributed by atoms with Gasteiger partial charge in [0.25, 0.3) is 0 Å². The van der Waals surface area contributed by atoms with E-state index >= 15 is 0 Å². The quantitative estimate of drug-likeness (QED) is 0.296. The zero-order chi connectivity index (χ0) is 19.3. The van der Waals surface area contributed by atoms with E-state index in [1.165, 1.54) is 0 Å². The summed E-state index contributed by atoms with van der Waals surface area (Å²) in [4.78, 5) is 23.5. The van der Waals surface area contributed by atoms with E-state index in [9.17, 15) is 9.59 Å². The van der Waals surface area contributed by atoms with Gasteiger partial charge in [-0.05, 0) is 42.5 Å². The van der Waals surface area contributed by atoms with Gasteiger partial charge in [-0.2, -0.15) is 0 Å². The molecule has 0 unspecified atom stereocenters. The Morgan fingerprint density at radius 2 is 1.37 bits per heavy atom. The van der Waals surface area contributed by atoms with Gasteiger partial charge in [0.1, 0.15) is 5.75 Å². The minimum Gasteiger partial charge on any atom is -0.466 e. The van der Waals surface area contributed by atoms with Crippen LogP contribution in [0.15, 0.2) is 54.6 Å². The van der Waals surface area contributed by atoms with Gasteiger partial charge in [0.2, 0.25) is 0 Å². The topological polar surface area (TPSA) is 52.6 Å². The van der Waals surface area contributed by atoms with Crippen LogP contribution in [-0.2, 0) is 14.3 Å². The second kappa shape index (κ2) is 11.9. The molecule has 144 valence electrons. The van der Waals surface area contributed by atoms with Crippen molar-refractivity contribution < 1.29 is 19.1 Å². The summed E-state index contributed by atoms with van der Waals surface area (Å²) in [5, 5.41) is 0. The van der Waals surface area contributed by atoms with Crippen LogP contribution in [0.2, 0.25) is 0 Å². The molecule has 0 N–H and O–H groups in total. The Hall–Kier alpha value is -2.62. The number of carbonyl (C=O) groups is 2. The molecule has 27 heavy (non-hydrogen) atoms. The van der Waals surface area contributed by atoms with Crippen LogP contribution >= 0.6 is 0 Å². The first kappa shape index (κ1) is 20.7. The Balaban J connectivity index is 1.64. The number of unbranched alkanes of at least 4 members (excludes halogenated alkanes) is 3. The highest BCUT2D eigenvalue weighted by atomic mass is 16.5. The molecule has 2 rings (SSSR count). The van der Waals surface area contributed by atoms with Crippen molar-refractivity contribution in [2.45, 2.75) is 51.9 Å². The highest BCUT2D eigenvalue weighted by molar-refractivity contribution is 5.73. The molecule has 0 atom stereocenters. The van der Waals surface area contributed by atoms with Crippen molar-refractivity contribution >= 4 is 11.9 Å². The number of carbonyl (C=O) groups excluding carboxylic acids is 2. The van der Waals surface area contributed by atoms with Crippen molar-refractivity contribution in [3.8, 4) is 16.9 Å². The van der Waals surface area contributed by atoms with E-state index in [1.54, 1.807) is 12.1 Å². The fourth-order valence-corrected chi connectivity index (χ4v) is 2.68. The van der Waals surface area contributed by atoms with Crippen molar-refractivity contribution in [1.82, 2.24) is 0 Å². The van der Waals surface area contributed by atoms with Crippen molar-refractivity contribution in [2.24, 2.45) is 0 Å². The fraction of sp³-hybridized carbons (Fsp3) is 0.391. The van der Waals surface area contributed by atoms with E-state index in [-0.39, 0.29) is 11.9 Å². The average molecular weight is 368 g/mol. The van der Waals surface area contributed by atoms with Crippen LogP contribution in [0.5, 0.6) is 5.75 Å². The standard InChI is InChI=1S/C23H28O4/c1-2-3-9-18-26-22(24)12-7-8-13-23(25)27-21-16-14-20(15-17-21)19-10-5-4-6-11-19/h4-6,10-11,14-17H,2-3,7-9,12-13,18H2,1H3. The summed E-state index contributed by atoms with van der Waals surface area (Å²) < 4.78 is 10.5. The molecule has 0 heterocycles. The molecule has 0 aliphatic carbocycles. The lowest BCUT2D eigenvalue weighted by atomic mass is 10.1. The third kappa shape index (κ3) is 8.07. The lowest BCUT2D eigenvalue weighted by molar-refractivity contribution is -0.144. The molecule has 0 saturated heterocycles. The Bertz CT molecular complexity index is 692. The number of hydrogen-bond acceptors (Lipinski definition) is 4. The normalized spacial score (nSPS) is 10.4. The average Bonchev–Trinajstić information content (AvgIpc) is 2.70. The Morgan fingerprint density at radius 3 is 2.04 bits per heavy atom. The highest BCUT2D eigenvalue weighted by Crippen LogP contribution is 2.22. The van der Waals surface area contributed by atoms with E-state index in [4.69, 9.17) is 9.47 Å². The third-order valence-electron chi connectivity index (χ3n) is 4.22. The third-order valence-corrected chi connectivity index (χ3v) is 4.22. The van der Waals surface area contributed by atoms with Gasteiger partial charge in [0.15, 0.2) is 0 Å². The molecular weight excluding hydrogens is 340 g/mol. The first-order chi connectivity index (χ1) is 13.2. The summed E-state index contributed by atoms with van der Waals surface area (Å²) in [6, 6.07) is 17.5. The SMILES string of the molecule is CCCCCOC(=O)CCCCC(=O)Oc1ccc(-c2ccccc2)cc1. The monoisotopic (exact) mass is 368 g/mol. The molecule has 2 aromatic carbocycles. The molecule has 0 aliphatic heterocycles. The number of hydrogen-bond donors (Lipinski definition) is 0. The fourth-order valence-electron chi connectivity index (χ4n) is 2.68. The van der Waals surface area contributed by atoms with E-state index < -0.39 is 0 Å². The van der Waals surface area contributed by atoms with Crippen molar-refractivity contribution in [2.75, 3.05) is 6.61 Å². The second-order valence-corrected chi connectivity index (χ2v) is 6.50. The number of rotatable bonds is 11. The van der Waals surface area contributed by atoms with Crippen molar-refractivity contribution in [1.29, 1.82) is 0 Å². The lowest BCUT2D eigenvalue weighted by Gasteiger charge is -2.06. The minimum absolute atomic E-state index is 0.184. The van der Waals surface area contributed by atoms with Crippen LogP contribution < -0.4 is 4.74 Å². The van der Waals surface area contributed by atoms with Gasteiger partial charge in [-0.3, -0.25) is 9.59 Å². The smallest absolute Gasteiger partial charge is 0.311 e. The largest absolute Gasteiger partial charge is 0.466 e. The maximum absolute atomic E-state index is 11.9. The van der Waals surface area contributed by atoms with Gasteiger partial charge in [-0.15, -0.1) is 0 Å². The molecule has 4 nitrogen and oxygen atoms in total. The number of benzene rings is 2. The predicted molar refractivity (Wildman–Crippen MR) is 106 cm³/mol. The first-order valence-corrected chi connectivity index (χ1v) is 9.71. The molecule has 0 radical (unpaired) electrons. The van der Waals surface area contributed by atoms with Crippen LogP contribution in [0.4, 0.5) is 0 Å². The Labute approximate surface area is 161 Å². The zero-order valence-electron chi connectivity index (χ0n) is 16.0. The molecule has 0 spiro atoms. The summed E-state index contributed by atoms with van der Waals surface area (Å²) in [5.41, 5.74) is 2.20. The molecule has 0 bridgehead atoms. The molecule has 2 aromatic rings. The minimum atomic E-state index is -0.279. The molecular formula is C23H28O4. The summed E-state index contributed by atoms with van der Waals surface area (Å²) in [7, 11) is 0. The van der Waals surface area contributed by atoms with Crippen LogP contribution in [0.25, 0.3) is 11.1 Å². The maximum Gasteiger partial charge on any atom is 0.311 e. The van der Waals surface area contributed by atoms with Crippen LogP contribution in [0.1, 0.15) is 51.9 Å². The van der Waals surface area contributed by atoms with Gasteiger partial charge in [0, 0.05) is 12.8 Å².